The van der Waals surface area contributed by atoms with Gasteiger partial charge in [-0.1, -0.05) is 127 Å². The van der Waals surface area contributed by atoms with Crippen LogP contribution in [0.1, 0.15) is 27.8 Å². The van der Waals surface area contributed by atoms with Gasteiger partial charge >= 0.3 is 0 Å². The van der Waals surface area contributed by atoms with Crippen molar-refractivity contribution in [2.75, 3.05) is 0 Å². The van der Waals surface area contributed by atoms with Gasteiger partial charge in [-0.15, -0.1) is 0 Å². The molecule has 0 atom stereocenters. The topological polar surface area (TPSA) is 62.5 Å². The van der Waals surface area contributed by atoms with Crippen LogP contribution < -0.4 is 0 Å². The Morgan fingerprint density at radius 2 is 1.00 bits per heavy atom. The molecule has 1 aliphatic heterocycles. The number of nitrogens with zero attached hydrogens (tertiary/aromatic N) is 4. The molecule has 9 rings (SSSR count). The van der Waals surface area contributed by atoms with Gasteiger partial charge in [0.15, 0.2) is 17.5 Å². The van der Waals surface area contributed by atoms with Crippen molar-refractivity contribution in [3.05, 3.63) is 173 Å². The van der Waals surface area contributed by atoms with E-state index >= 15 is 0 Å². The van der Waals surface area contributed by atoms with E-state index in [9.17, 15) is 5.26 Å². The SMILES string of the molecule is N#Cc1ccc2c(c1)C1(c3ccccc3Sc3ccccc31)c1ccc(-c3nc(-c4ccccc4)nc(-c4ccccc4)n3)cc1-2. The molecule has 0 amide bonds. The van der Waals surface area contributed by atoms with Gasteiger partial charge in [-0.2, -0.15) is 5.26 Å². The van der Waals surface area contributed by atoms with Gasteiger partial charge in [-0.05, 0) is 63.7 Å². The molecule has 2 heterocycles. The second-order valence-electron chi connectivity index (χ2n) is 11.5. The number of rotatable bonds is 3. The minimum atomic E-state index is -0.558. The number of hydrogen-bond acceptors (Lipinski definition) is 5. The van der Waals surface area contributed by atoms with Gasteiger partial charge in [-0.3, -0.25) is 0 Å². The fourth-order valence-electron chi connectivity index (χ4n) is 7.05. The number of fused-ring (bicyclic) bond motifs is 9. The average Bonchev–Trinajstić information content (AvgIpc) is 3.41. The summed E-state index contributed by atoms with van der Waals surface area (Å²) in [5.74, 6) is 1.88. The van der Waals surface area contributed by atoms with Crippen molar-refractivity contribution in [1.82, 2.24) is 15.0 Å². The van der Waals surface area contributed by atoms with Crippen LogP contribution in [0.3, 0.4) is 0 Å². The van der Waals surface area contributed by atoms with E-state index in [4.69, 9.17) is 15.0 Å². The summed E-state index contributed by atoms with van der Waals surface area (Å²) in [5, 5.41) is 10.0. The van der Waals surface area contributed by atoms with E-state index in [0.29, 0.717) is 23.0 Å². The molecule has 0 saturated carbocycles. The Labute approximate surface area is 271 Å². The first kappa shape index (κ1) is 26.6. The molecule has 46 heavy (non-hydrogen) atoms. The molecule has 1 spiro atoms. The fraction of sp³-hybridized carbons (Fsp3) is 0.0244. The maximum atomic E-state index is 10.0. The summed E-state index contributed by atoms with van der Waals surface area (Å²) in [6.07, 6.45) is 0. The summed E-state index contributed by atoms with van der Waals surface area (Å²) in [6, 6.07) is 52.6. The maximum absolute atomic E-state index is 10.0. The van der Waals surface area contributed by atoms with Crippen LogP contribution in [0, 0.1) is 11.3 Å². The van der Waals surface area contributed by atoms with Crippen LogP contribution in [0.25, 0.3) is 45.3 Å². The molecule has 6 aromatic carbocycles. The normalized spacial score (nSPS) is 13.3. The summed E-state index contributed by atoms with van der Waals surface area (Å²) in [6.45, 7) is 0. The van der Waals surface area contributed by atoms with Crippen LogP contribution in [-0.2, 0) is 5.41 Å². The average molecular weight is 605 g/mol. The Morgan fingerprint density at radius 1 is 0.457 bits per heavy atom. The van der Waals surface area contributed by atoms with Crippen molar-refractivity contribution < 1.29 is 0 Å². The number of aromatic nitrogens is 3. The quantitative estimate of drug-likeness (QED) is 0.201. The van der Waals surface area contributed by atoms with E-state index < -0.39 is 5.41 Å². The summed E-state index contributed by atoms with van der Waals surface area (Å²) in [7, 11) is 0. The summed E-state index contributed by atoms with van der Waals surface area (Å²) in [4.78, 5) is 17.4. The van der Waals surface area contributed by atoms with E-state index in [-0.39, 0.29) is 0 Å². The third-order valence-electron chi connectivity index (χ3n) is 9.03. The zero-order valence-electron chi connectivity index (χ0n) is 24.6. The third-order valence-corrected chi connectivity index (χ3v) is 10.2. The zero-order chi connectivity index (χ0) is 30.7. The first-order valence-corrected chi connectivity index (χ1v) is 16.0. The van der Waals surface area contributed by atoms with Gasteiger partial charge in [0, 0.05) is 26.5 Å². The molecule has 0 unspecified atom stereocenters. The minimum absolute atomic E-state index is 0.558. The Bertz CT molecular complexity index is 2260. The highest BCUT2D eigenvalue weighted by Gasteiger charge is 2.50. The van der Waals surface area contributed by atoms with E-state index in [1.54, 1.807) is 0 Å². The Morgan fingerprint density at radius 3 is 1.59 bits per heavy atom. The van der Waals surface area contributed by atoms with Crippen LogP contribution in [-0.4, -0.2) is 15.0 Å². The third kappa shape index (κ3) is 3.91. The van der Waals surface area contributed by atoms with Crippen molar-refractivity contribution in [1.29, 1.82) is 5.26 Å². The Kier molecular flexibility index (Phi) is 5.99. The van der Waals surface area contributed by atoms with Gasteiger partial charge in [0.25, 0.3) is 0 Å². The molecular weight excluding hydrogens is 581 g/mol. The molecule has 0 bridgehead atoms. The molecule has 0 saturated heterocycles. The molecule has 5 heteroatoms. The van der Waals surface area contributed by atoms with Crippen molar-refractivity contribution >= 4 is 11.8 Å². The summed E-state index contributed by atoms with van der Waals surface area (Å²) >= 11 is 1.81. The Balaban J connectivity index is 1.32. The monoisotopic (exact) mass is 604 g/mol. The van der Waals surface area contributed by atoms with Gasteiger partial charge in [0.1, 0.15) is 0 Å². The Hall–Kier alpha value is -5.83. The molecule has 1 aliphatic carbocycles. The highest BCUT2D eigenvalue weighted by molar-refractivity contribution is 7.99. The predicted octanol–water partition coefficient (Wildman–Crippen LogP) is 9.57. The first-order valence-electron chi connectivity index (χ1n) is 15.2. The first-order chi connectivity index (χ1) is 22.7. The van der Waals surface area contributed by atoms with Gasteiger partial charge in [-0.25, -0.2) is 15.0 Å². The lowest BCUT2D eigenvalue weighted by molar-refractivity contribution is 0.722. The molecule has 7 aromatic rings. The van der Waals surface area contributed by atoms with E-state index in [1.807, 2.05) is 78.5 Å². The van der Waals surface area contributed by atoms with E-state index in [0.717, 1.165) is 33.4 Å². The molecule has 0 fully saturated rings. The number of benzene rings is 6. The van der Waals surface area contributed by atoms with Crippen molar-refractivity contribution in [2.24, 2.45) is 0 Å². The molecule has 1 aromatic heterocycles. The lowest BCUT2D eigenvalue weighted by Gasteiger charge is -2.39. The van der Waals surface area contributed by atoms with E-state index in [2.05, 4.69) is 84.9 Å². The van der Waals surface area contributed by atoms with Crippen LogP contribution in [0.2, 0.25) is 0 Å². The lowest BCUT2D eigenvalue weighted by atomic mass is 9.67. The van der Waals surface area contributed by atoms with Crippen molar-refractivity contribution in [3.8, 4) is 51.4 Å². The molecule has 0 N–H and O–H groups in total. The smallest absolute Gasteiger partial charge is 0.164 e. The summed E-state index contributed by atoms with van der Waals surface area (Å²) in [5.41, 5.74) is 9.91. The molecule has 2 aliphatic rings. The minimum Gasteiger partial charge on any atom is -0.208 e. The standard InChI is InChI=1S/C41H24N4S/c42-25-26-19-21-30-31-24-29(40-44-38(27-11-3-1-4-12-27)43-39(45-40)28-13-5-2-6-14-28)20-22-32(31)41(35(30)23-26)33-15-7-9-17-36(33)46-37-18-10-8-16-34(37)41/h1-24H. The molecule has 0 radical (unpaired) electrons. The molecule has 214 valence electrons. The highest BCUT2D eigenvalue weighted by atomic mass is 32.2. The summed E-state index contributed by atoms with van der Waals surface area (Å²) < 4.78 is 0. The van der Waals surface area contributed by atoms with Crippen LogP contribution in [0.5, 0.6) is 0 Å². The highest BCUT2D eigenvalue weighted by Crippen LogP contribution is 2.62. The second-order valence-corrected chi connectivity index (χ2v) is 12.6. The maximum Gasteiger partial charge on any atom is 0.164 e. The van der Waals surface area contributed by atoms with Gasteiger partial charge in [0.05, 0.1) is 17.0 Å². The van der Waals surface area contributed by atoms with Crippen LogP contribution in [0.4, 0.5) is 0 Å². The number of nitriles is 1. The lowest BCUT2D eigenvalue weighted by Crippen LogP contribution is -2.32. The van der Waals surface area contributed by atoms with Gasteiger partial charge in [0.2, 0.25) is 0 Å². The molecule has 4 nitrogen and oxygen atoms in total. The van der Waals surface area contributed by atoms with Gasteiger partial charge < -0.3 is 0 Å². The van der Waals surface area contributed by atoms with Crippen molar-refractivity contribution in [2.45, 2.75) is 15.2 Å². The second kappa shape index (κ2) is 10.4. The van der Waals surface area contributed by atoms with E-state index in [1.165, 1.54) is 26.5 Å². The van der Waals surface area contributed by atoms with Crippen molar-refractivity contribution in [3.63, 3.8) is 0 Å². The van der Waals surface area contributed by atoms with Crippen LogP contribution in [0.15, 0.2) is 155 Å². The molecular formula is C41H24N4S. The van der Waals surface area contributed by atoms with Crippen LogP contribution >= 0.6 is 11.8 Å². The zero-order valence-corrected chi connectivity index (χ0v) is 25.4. The fourth-order valence-corrected chi connectivity index (χ4v) is 8.24. The number of hydrogen-bond donors (Lipinski definition) is 0. The predicted molar refractivity (Wildman–Crippen MR) is 182 cm³/mol. The largest absolute Gasteiger partial charge is 0.208 e.